The van der Waals surface area contributed by atoms with Crippen molar-refractivity contribution in [3.63, 3.8) is 0 Å². The molecule has 0 saturated carbocycles. The highest BCUT2D eigenvalue weighted by atomic mass is 79.9. The minimum absolute atomic E-state index is 0.447. The highest BCUT2D eigenvalue weighted by Crippen LogP contribution is 2.23. The van der Waals surface area contributed by atoms with Gasteiger partial charge in [-0.15, -0.1) is 11.3 Å². The third-order valence-electron chi connectivity index (χ3n) is 1.51. The van der Waals surface area contributed by atoms with Crippen LogP contribution in [0.15, 0.2) is 15.2 Å². The van der Waals surface area contributed by atoms with E-state index in [9.17, 15) is 4.79 Å². The molecule has 0 spiro atoms. The fraction of sp³-hybridized carbons (Fsp3) is 0.375. The fourth-order valence-electron chi connectivity index (χ4n) is 0.797. The lowest BCUT2D eigenvalue weighted by molar-refractivity contribution is -0.137. The van der Waals surface area contributed by atoms with Gasteiger partial charge in [-0.1, -0.05) is 0 Å². The Morgan fingerprint density at radius 3 is 3.00 bits per heavy atom. The predicted octanol–water partition coefficient (Wildman–Crippen LogP) is 2.16. The van der Waals surface area contributed by atoms with Gasteiger partial charge >= 0.3 is 5.97 Å². The number of carboxylic acid groups (broad SMARTS) is 1. The van der Waals surface area contributed by atoms with Crippen molar-refractivity contribution in [2.24, 2.45) is 5.73 Å². The number of aliphatic carboxylic acids is 1. The zero-order chi connectivity index (χ0) is 10.6. The maximum absolute atomic E-state index is 10.4. The molecule has 0 bridgehead atoms. The second kappa shape index (κ2) is 5.75. The smallest absolute Gasteiger partial charge is 0.321 e. The lowest BCUT2D eigenvalue weighted by atomic mass is 10.4. The van der Waals surface area contributed by atoms with Crippen LogP contribution in [0.4, 0.5) is 0 Å². The second-order valence-corrected chi connectivity index (χ2v) is 6.04. The third-order valence-corrected chi connectivity index (χ3v) is 4.19. The van der Waals surface area contributed by atoms with Gasteiger partial charge in [0.2, 0.25) is 0 Å². The molecule has 0 aliphatic rings. The highest BCUT2D eigenvalue weighted by molar-refractivity contribution is 9.11. The first-order valence-corrected chi connectivity index (χ1v) is 6.71. The van der Waals surface area contributed by atoms with Gasteiger partial charge in [0.15, 0.2) is 0 Å². The van der Waals surface area contributed by atoms with Gasteiger partial charge < -0.3 is 10.8 Å². The van der Waals surface area contributed by atoms with Crippen LogP contribution in [0, 0.1) is 0 Å². The molecule has 14 heavy (non-hydrogen) atoms. The number of halogens is 1. The van der Waals surface area contributed by atoms with E-state index in [1.54, 1.807) is 11.3 Å². The van der Waals surface area contributed by atoms with E-state index in [-0.39, 0.29) is 0 Å². The Morgan fingerprint density at radius 2 is 2.50 bits per heavy atom. The van der Waals surface area contributed by atoms with Gasteiger partial charge in [-0.05, 0) is 32.9 Å². The number of carboxylic acids is 1. The fourth-order valence-corrected chi connectivity index (χ4v) is 3.03. The van der Waals surface area contributed by atoms with Crippen molar-refractivity contribution in [2.75, 3.05) is 5.75 Å². The Hall–Kier alpha value is -0.0400. The van der Waals surface area contributed by atoms with Gasteiger partial charge in [0.05, 0.1) is 3.79 Å². The maximum Gasteiger partial charge on any atom is 0.321 e. The van der Waals surface area contributed by atoms with Gasteiger partial charge in [-0.3, -0.25) is 4.79 Å². The standard InChI is InChI=1S/C8H10BrNO2S2/c9-7-1-5(3-14-7)2-13-4-6(10)8(11)12/h1,3,6H,2,4,10H2,(H,11,12)/t6-/m1/s1. The molecule has 0 fully saturated rings. The summed E-state index contributed by atoms with van der Waals surface area (Å²) >= 11 is 6.53. The van der Waals surface area contributed by atoms with Crippen molar-refractivity contribution in [3.05, 3.63) is 20.8 Å². The average molecular weight is 296 g/mol. The zero-order valence-corrected chi connectivity index (χ0v) is 10.5. The Labute approximate surface area is 98.8 Å². The maximum atomic E-state index is 10.4. The van der Waals surface area contributed by atoms with Crippen LogP contribution in [0.2, 0.25) is 0 Å². The SMILES string of the molecule is N[C@H](CSCc1csc(Br)c1)C(=O)O. The Kier molecular flexibility index (Phi) is 4.94. The average Bonchev–Trinajstić information content (AvgIpc) is 2.51. The summed E-state index contributed by atoms with van der Waals surface area (Å²) in [5, 5.41) is 10.6. The molecule has 1 aromatic heterocycles. The van der Waals surface area contributed by atoms with Crippen LogP contribution in [0.25, 0.3) is 0 Å². The summed E-state index contributed by atoms with van der Waals surface area (Å²) in [6.45, 7) is 0. The molecular weight excluding hydrogens is 286 g/mol. The molecule has 3 nitrogen and oxygen atoms in total. The molecule has 0 unspecified atom stereocenters. The highest BCUT2D eigenvalue weighted by Gasteiger charge is 2.10. The molecule has 0 aromatic carbocycles. The minimum atomic E-state index is -0.941. The van der Waals surface area contributed by atoms with Crippen molar-refractivity contribution in [1.82, 2.24) is 0 Å². The monoisotopic (exact) mass is 295 g/mol. The van der Waals surface area contributed by atoms with Crippen LogP contribution >= 0.6 is 39.0 Å². The van der Waals surface area contributed by atoms with Crippen molar-refractivity contribution in [1.29, 1.82) is 0 Å². The number of rotatable bonds is 5. The number of carbonyl (C=O) groups is 1. The van der Waals surface area contributed by atoms with Crippen molar-refractivity contribution >= 4 is 45.0 Å². The van der Waals surface area contributed by atoms with Crippen LogP contribution < -0.4 is 5.73 Å². The summed E-state index contributed by atoms with van der Waals surface area (Å²) < 4.78 is 1.09. The van der Waals surface area contributed by atoms with E-state index in [1.807, 2.05) is 11.4 Å². The number of thiophene rings is 1. The number of nitrogens with two attached hydrogens (primary N) is 1. The molecule has 1 aromatic rings. The quantitative estimate of drug-likeness (QED) is 0.874. The Balaban J connectivity index is 2.25. The molecule has 0 saturated heterocycles. The van der Waals surface area contributed by atoms with Crippen LogP contribution in [0.5, 0.6) is 0 Å². The number of hydrogen-bond donors (Lipinski definition) is 2. The van der Waals surface area contributed by atoms with Gasteiger partial charge in [-0.2, -0.15) is 11.8 Å². The third kappa shape index (κ3) is 4.00. The molecule has 1 heterocycles. The molecule has 0 aliphatic heterocycles. The summed E-state index contributed by atoms with van der Waals surface area (Å²) in [5.74, 6) is 0.315. The molecule has 0 aliphatic carbocycles. The first kappa shape index (κ1) is 12.0. The summed E-state index contributed by atoms with van der Waals surface area (Å²) in [6.07, 6.45) is 0. The van der Waals surface area contributed by atoms with Gasteiger partial charge in [-0.25, -0.2) is 0 Å². The lowest BCUT2D eigenvalue weighted by Crippen LogP contribution is -2.32. The number of thioether (sulfide) groups is 1. The molecule has 6 heteroatoms. The topological polar surface area (TPSA) is 63.3 Å². The van der Waals surface area contributed by atoms with E-state index < -0.39 is 12.0 Å². The van der Waals surface area contributed by atoms with E-state index in [0.29, 0.717) is 5.75 Å². The molecule has 1 atom stereocenters. The summed E-state index contributed by atoms with van der Waals surface area (Å²) in [7, 11) is 0. The zero-order valence-electron chi connectivity index (χ0n) is 7.27. The van der Waals surface area contributed by atoms with Crippen LogP contribution in [-0.4, -0.2) is 22.9 Å². The number of hydrogen-bond acceptors (Lipinski definition) is 4. The van der Waals surface area contributed by atoms with E-state index in [1.165, 1.54) is 17.3 Å². The lowest BCUT2D eigenvalue weighted by Gasteiger charge is -2.04. The first-order chi connectivity index (χ1) is 6.59. The Bertz CT molecular complexity index is 316. The van der Waals surface area contributed by atoms with Crippen LogP contribution in [0.3, 0.4) is 0 Å². The van der Waals surface area contributed by atoms with E-state index in [4.69, 9.17) is 10.8 Å². The van der Waals surface area contributed by atoms with Crippen molar-refractivity contribution in [2.45, 2.75) is 11.8 Å². The van der Waals surface area contributed by atoms with E-state index >= 15 is 0 Å². The summed E-state index contributed by atoms with van der Waals surface area (Å²) in [4.78, 5) is 10.4. The van der Waals surface area contributed by atoms with Gasteiger partial charge in [0, 0.05) is 11.5 Å². The molecular formula is C8H10BrNO2S2. The van der Waals surface area contributed by atoms with Gasteiger partial charge in [0.25, 0.3) is 0 Å². The molecule has 1 rings (SSSR count). The normalized spacial score (nSPS) is 12.7. The van der Waals surface area contributed by atoms with E-state index in [0.717, 1.165) is 9.54 Å². The first-order valence-electron chi connectivity index (χ1n) is 3.88. The predicted molar refractivity (Wildman–Crippen MR) is 63.8 cm³/mol. The van der Waals surface area contributed by atoms with Gasteiger partial charge in [0.1, 0.15) is 6.04 Å². The second-order valence-electron chi connectivity index (χ2n) is 2.72. The van der Waals surface area contributed by atoms with Crippen LogP contribution in [0.1, 0.15) is 5.56 Å². The molecule has 0 amide bonds. The van der Waals surface area contributed by atoms with Crippen LogP contribution in [-0.2, 0) is 10.5 Å². The van der Waals surface area contributed by atoms with Crippen molar-refractivity contribution < 1.29 is 9.90 Å². The summed E-state index contributed by atoms with van der Waals surface area (Å²) in [5.41, 5.74) is 6.56. The van der Waals surface area contributed by atoms with Crippen molar-refractivity contribution in [3.8, 4) is 0 Å². The largest absolute Gasteiger partial charge is 0.480 e. The molecule has 0 radical (unpaired) electrons. The summed E-state index contributed by atoms with van der Waals surface area (Å²) in [6, 6.07) is 1.27. The molecule has 3 N–H and O–H groups in total. The molecule has 78 valence electrons. The minimum Gasteiger partial charge on any atom is -0.480 e. The van der Waals surface area contributed by atoms with E-state index in [2.05, 4.69) is 15.9 Å². The Morgan fingerprint density at radius 1 is 1.79 bits per heavy atom.